The van der Waals surface area contributed by atoms with E-state index in [-0.39, 0.29) is 17.6 Å². The van der Waals surface area contributed by atoms with Crippen molar-refractivity contribution in [2.24, 2.45) is 28.6 Å². The molecule has 0 bridgehead atoms. The molecule has 2 aliphatic heterocycles. The Morgan fingerprint density at radius 2 is 1.84 bits per heavy atom. The summed E-state index contributed by atoms with van der Waals surface area (Å²) in [5.41, 5.74) is 0.336. The molecule has 2 saturated heterocycles. The van der Waals surface area contributed by atoms with Gasteiger partial charge in [0.05, 0.1) is 25.9 Å². The van der Waals surface area contributed by atoms with Crippen molar-refractivity contribution in [2.45, 2.75) is 82.2 Å². The molecule has 0 aromatic carbocycles. The molecule has 140 valence electrons. The highest BCUT2D eigenvalue weighted by Crippen LogP contribution is 2.74. The lowest BCUT2D eigenvalue weighted by Crippen LogP contribution is -2.63. The van der Waals surface area contributed by atoms with Crippen LogP contribution in [0.25, 0.3) is 0 Å². The molecule has 2 spiro atoms. The molecule has 7 atom stereocenters. The first-order chi connectivity index (χ1) is 12.1. The average Bonchev–Trinajstić information content (AvgIpc) is 2.95. The molecule has 2 heterocycles. The van der Waals surface area contributed by atoms with E-state index in [4.69, 9.17) is 14.2 Å². The molecule has 0 aromatic heterocycles. The number of rotatable bonds is 1. The van der Waals surface area contributed by atoms with Gasteiger partial charge in [-0.3, -0.25) is 0 Å². The first-order valence-electron chi connectivity index (χ1n) is 10.6. The number of ether oxygens (including phenoxy) is 3. The summed E-state index contributed by atoms with van der Waals surface area (Å²) in [6.45, 7) is 4.24. The quantitative estimate of drug-likeness (QED) is 0.739. The molecule has 6 aliphatic rings. The number of hydrogen-bond acceptors (Lipinski definition) is 4. The summed E-state index contributed by atoms with van der Waals surface area (Å²) in [4.78, 5) is 0. The third-order valence-electron chi connectivity index (χ3n) is 9.65. The van der Waals surface area contributed by atoms with Crippen LogP contribution in [-0.2, 0) is 14.2 Å². The van der Waals surface area contributed by atoms with Gasteiger partial charge in [0.25, 0.3) is 0 Å². The lowest BCUT2D eigenvalue weighted by atomic mass is 9.44. The van der Waals surface area contributed by atoms with Crippen molar-refractivity contribution >= 4 is 0 Å². The van der Waals surface area contributed by atoms with E-state index in [9.17, 15) is 5.11 Å². The van der Waals surface area contributed by atoms with E-state index in [0.717, 1.165) is 31.1 Å². The highest BCUT2D eigenvalue weighted by Gasteiger charge is 2.79. The van der Waals surface area contributed by atoms with Crippen molar-refractivity contribution in [3.63, 3.8) is 0 Å². The number of epoxide rings is 1. The van der Waals surface area contributed by atoms with Crippen LogP contribution >= 0.6 is 0 Å². The normalized spacial score (nSPS) is 58.3. The third kappa shape index (κ3) is 1.78. The summed E-state index contributed by atoms with van der Waals surface area (Å²) < 4.78 is 18.6. The minimum absolute atomic E-state index is 0.0505. The molecule has 6 fully saturated rings. The zero-order valence-corrected chi connectivity index (χ0v) is 15.5. The fraction of sp³-hybridized carbons (Fsp3) is 1.00. The van der Waals surface area contributed by atoms with Crippen LogP contribution in [0.4, 0.5) is 0 Å². The summed E-state index contributed by atoms with van der Waals surface area (Å²) in [7, 11) is 0. The van der Waals surface area contributed by atoms with Gasteiger partial charge in [-0.05, 0) is 61.7 Å². The number of fused-ring (bicyclic) bond motifs is 4. The van der Waals surface area contributed by atoms with Crippen LogP contribution in [0.15, 0.2) is 0 Å². The third-order valence-corrected chi connectivity index (χ3v) is 9.65. The van der Waals surface area contributed by atoms with Crippen LogP contribution in [0.2, 0.25) is 0 Å². The van der Waals surface area contributed by atoms with E-state index in [1.807, 2.05) is 0 Å². The van der Waals surface area contributed by atoms with Crippen LogP contribution in [0.5, 0.6) is 0 Å². The molecule has 1 N–H and O–H groups in total. The van der Waals surface area contributed by atoms with Crippen LogP contribution in [-0.4, -0.2) is 42.4 Å². The topological polar surface area (TPSA) is 51.2 Å². The predicted molar refractivity (Wildman–Crippen MR) is 91.9 cm³/mol. The second-order valence-electron chi connectivity index (χ2n) is 10.3. The van der Waals surface area contributed by atoms with E-state index >= 15 is 0 Å². The summed E-state index contributed by atoms with van der Waals surface area (Å²) in [6, 6.07) is 0. The Morgan fingerprint density at radius 3 is 2.64 bits per heavy atom. The van der Waals surface area contributed by atoms with Gasteiger partial charge < -0.3 is 19.3 Å². The van der Waals surface area contributed by atoms with E-state index in [1.165, 1.54) is 38.5 Å². The maximum atomic E-state index is 10.7. The fourth-order valence-corrected chi connectivity index (χ4v) is 8.46. The van der Waals surface area contributed by atoms with E-state index in [1.54, 1.807) is 0 Å². The van der Waals surface area contributed by atoms with Crippen LogP contribution in [0, 0.1) is 28.6 Å². The maximum absolute atomic E-state index is 10.7. The second kappa shape index (κ2) is 4.81. The fourth-order valence-electron chi connectivity index (χ4n) is 8.46. The zero-order valence-electron chi connectivity index (χ0n) is 15.5. The lowest BCUT2D eigenvalue weighted by Gasteiger charge is -2.60. The molecule has 4 aliphatic carbocycles. The monoisotopic (exact) mass is 348 g/mol. The first-order valence-corrected chi connectivity index (χ1v) is 10.6. The summed E-state index contributed by atoms with van der Waals surface area (Å²) >= 11 is 0. The Hall–Kier alpha value is -0.160. The van der Waals surface area contributed by atoms with E-state index in [2.05, 4.69) is 6.92 Å². The number of aliphatic hydroxyl groups is 1. The molecule has 4 saturated carbocycles. The van der Waals surface area contributed by atoms with Crippen LogP contribution < -0.4 is 0 Å². The zero-order chi connectivity index (χ0) is 16.9. The van der Waals surface area contributed by atoms with Gasteiger partial charge in [-0.15, -0.1) is 0 Å². The van der Waals surface area contributed by atoms with Gasteiger partial charge in [-0.2, -0.15) is 0 Å². The smallest absolute Gasteiger partial charge is 0.171 e. The SMILES string of the molecule is C[C@@]12CCC[C@H]1[C@@H]1C[C@@H]3O[C@@]34CC3(CC[C@]4(CO)[C@H]1CC2)OCCO3. The predicted octanol–water partition coefficient (Wildman–Crippen LogP) is 3.27. The van der Waals surface area contributed by atoms with Gasteiger partial charge >= 0.3 is 0 Å². The number of aliphatic hydroxyl groups excluding tert-OH is 1. The molecule has 0 unspecified atom stereocenters. The van der Waals surface area contributed by atoms with Crippen LogP contribution in [0.1, 0.15) is 64.7 Å². The summed E-state index contributed by atoms with van der Waals surface area (Å²) in [5.74, 6) is 1.82. The Bertz CT molecular complexity index is 586. The highest BCUT2D eigenvalue weighted by molar-refractivity contribution is 5.26. The molecular weight excluding hydrogens is 316 g/mol. The molecule has 0 aromatic rings. The van der Waals surface area contributed by atoms with Crippen molar-refractivity contribution in [3.05, 3.63) is 0 Å². The van der Waals surface area contributed by atoms with Gasteiger partial charge in [0.1, 0.15) is 5.60 Å². The van der Waals surface area contributed by atoms with Gasteiger partial charge in [0, 0.05) is 18.3 Å². The molecular formula is C21H32O4. The van der Waals surface area contributed by atoms with E-state index in [0.29, 0.717) is 30.7 Å². The van der Waals surface area contributed by atoms with E-state index < -0.39 is 5.79 Å². The molecule has 4 heteroatoms. The largest absolute Gasteiger partial charge is 0.396 e. The molecule has 6 rings (SSSR count). The minimum Gasteiger partial charge on any atom is -0.396 e. The number of hydrogen-bond donors (Lipinski definition) is 1. The highest BCUT2D eigenvalue weighted by atomic mass is 16.7. The Balaban J connectivity index is 1.38. The van der Waals surface area contributed by atoms with Crippen molar-refractivity contribution in [2.75, 3.05) is 19.8 Å². The Morgan fingerprint density at radius 1 is 1.00 bits per heavy atom. The molecule has 25 heavy (non-hydrogen) atoms. The Labute approximate surface area is 150 Å². The standard InChI is InChI=1S/C21H32O4/c1-18-5-2-3-15(18)14-11-17-21(25-17)12-20(23-9-10-24-20)8-7-19(21,13-22)16(14)4-6-18/h14-17,22H,2-13H2,1H3/t14-,15-,16-,17-,18-,19-,21-/m0/s1. The van der Waals surface area contributed by atoms with Crippen molar-refractivity contribution in [1.29, 1.82) is 0 Å². The van der Waals surface area contributed by atoms with Gasteiger partial charge in [0.15, 0.2) is 5.79 Å². The Kier molecular flexibility index (Phi) is 3.05. The average molecular weight is 348 g/mol. The first kappa shape index (κ1) is 15.9. The molecule has 0 radical (unpaired) electrons. The minimum atomic E-state index is -0.420. The van der Waals surface area contributed by atoms with Crippen molar-refractivity contribution in [1.82, 2.24) is 0 Å². The van der Waals surface area contributed by atoms with Gasteiger partial charge in [-0.25, -0.2) is 0 Å². The van der Waals surface area contributed by atoms with Gasteiger partial charge in [0.2, 0.25) is 0 Å². The van der Waals surface area contributed by atoms with Crippen molar-refractivity contribution in [3.8, 4) is 0 Å². The van der Waals surface area contributed by atoms with Gasteiger partial charge in [-0.1, -0.05) is 13.3 Å². The maximum Gasteiger partial charge on any atom is 0.171 e. The molecule has 4 nitrogen and oxygen atoms in total. The summed E-state index contributed by atoms with van der Waals surface area (Å²) in [6.07, 6.45) is 11.2. The summed E-state index contributed by atoms with van der Waals surface area (Å²) in [5, 5.41) is 10.7. The lowest BCUT2D eigenvalue weighted by molar-refractivity contribution is -0.235. The van der Waals surface area contributed by atoms with Crippen molar-refractivity contribution < 1.29 is 19.3 Å². The second-order valence-corrected chi connectivity index (χ2v) is 10.3. The molecule has 0 amide bonds. The van der Waals surface area contributed by atoms with Crippen LogP contribution in [0.3, 0.4) is 0 Å².